The molecule has 2 heterocycles. The first kappa shape index (κ1) is 18.6. The Morgan fingerprint density at radius 2 is 1.86 bits per heavy atom. The zero-order valence-corrected chi connectivity index (χ0v) is 16.1. The summed E-state index contributed by atoms with van der Waals surface area (Å²) in [5.41, 5.74) is 1.89. The van der Waals surface area contributed by atoms with Gasteiger partial charge in [-0.2, -0.15) is 0 Å². The number of carbonyl (C=O) groups excluding carboxylic acids is 1. The summed E-state index contributed by atoms with van der Waals surface area (Å²) in [6, 6.07) is 15.3. The normalized spacial score (nSPS) is 14.9. The Morgan fingerprint density at radius 3 is 2.61 bits per heavy atom. The first-order chi connectivity index (χ1) is 13.7. The third kappa shape index (κ3) is 4.04. The predicted octanol–water partition coefficient (Wildman–Crippen LogP) is 4.75. The lowest BCUT2D eigenvalue weighted by molar-refractivity contribution is 0.0453. The maximum atomic E-state index is 12.8. The van der Waals surface area contributed by atoms with Crippen molar-refractivity contribution in [1.82, 2.24) is 4.90 Å². The number of nitrogens with zero attached hydrogens (tertiary/aromatic N) is 1. The molecule has 0 amide bonds. The van der Waals surface area contributed by atoms with Gasteiger partial charge in [-0.15, -0.1) is 0 Å². The smallest absolute Gasteiger partial charge is 0.342 e. The van der Waals surface area contributed by atoms with Gasteiger partial charge in [-0.05, 0) is 44.1 Å². The summed E-state index contributed by atoms with van der Waals surface area (Å²) >= 11 is 0. The van der Waals surface area contributed by atoms with Gasteiger partial charge in [-0.3, -0.25) is 4.90 Å². The quantitative estimate of drug-likeness (QED) is 0.579. The van der Waals surface area contributed by atoms with Crippen LogP contribution in [0.5, 0.6) is 5.75 Å². The van der Waals surface area contributed by atoms with Crippen molar-refractivity contribution >= 4 is 16.9 Å². The molecule has 146 valence electrons. The average Bonchev–Trinajstić information content (AvgIpc) is 3.18. The van der Waals surface area contributed by atoms with E-state index in [1.165, 1.54) is 19.3 Å². The molecule has 0 bridgehead atoms. The fourth-order valence-corrected chi connectivity index (χ4v) is 3.67. The number of fused-ring (bicyclic) bond motifs is 1. The van der Waals surface area contributed by atoms with Crippen molar-refractivity contribution < 1.29 is 18.7 Å². The summed E-state index contributed by atoms with van der Waals surface area (Å²) in [6.07, 6.45) is 3.73. The molecule has 1 aromatic heterocycles. The molecule has 0 spiro atoms. The molecule has 2 aromatic carbocycles. The average molecular weight is 379 g/mol. The Balaban J connectivity index is 1.56. The number of esters is 1. The summed E-state index contributed by atoms with van der Waals surface area (Å²) in [4.78, 5) is 15.1. The fourth-order valence-electron chi connectivity index (χ4n) is 3.67. The summed E-state index contributed by atoms with van der Waals surface area (Å²) in [6.45, 7) is 3.31. The Labute approximate surface area is 164 Å². The Morgan fingerprint density at radius 1 is 1.07 bits per heavy atom. The van der Waals surface area contributed by atoms with Crippen LogP contribution in [0.15, 0.2) is 52.9 Å². The van der Waals surface area contributed by atoms with Crippen molar-refractivity contribution in [3.05, 3.63) is 54.1 Å². The number of likely N-dealkylation sites (tertiary alicyclic amines) is 1. The molecule has 1 aliphatic heterocycles. The molecule has 1 saturated heterocycles. The number of hydrogen-bond donors (Lipinski definition) is 0. The minimum absolute atomic E-state index is 0.379. The highest BCUT2D eigenvalue weighted by molar-refractivity contribution is 6.03. The third-order valence-electron chi connectivity index (χ3n) is 5.19. The summed E-state index contributed by atoms with van der Waals surface area (Å²) < 4.78 is 17.0. The number of carbonyl (C=O) groups is 1. The minimum atomic E-state index is -0.380. The molecule has 1 aliphatic rings. The van der Waals surface area contributed by atoms with Crippen LogP contribution in [0.4, 0.5) is 0 Å². The molecule has 5 heteroatoms. The van der Waals surface area contributed by atoms with Gasteiger partial charge in [0.25, 0.3) is 0 Å². The minimum Gasteiger partial charge on any atom is -0.497 e. The number of benzene rings is 2. The predicted molar refractivity (Wildman–Crippen MR) is 109 cm³/mol. The topological polar surface area (TPSA) is 51.9 Å². The third-order valence-corrected chi connectivity index (χ3v) is 5.19. The van der Waals surface area contributed by atoms with E-state index in [-0.39, 0.29) is 5.97 Å². The van der Waals surface area contributed by atoms with Gasteiger partial charge in [0.2, 0.25) is 0 Å². The maximum Gasteiger partial charge on any atom is 0.342 e. The molecule has 4 rings (SSSR count). The summed E-state index contributed by atoms with van der Waals surface area (Å²) in [7, 11) is 1.59. The molecule has 0 unspecified atom stereocenters. The molecule has 28 heavy (non-hydrogen) atoms. The van der Waals surface area contributed by atoms with Gasteiger partial charge in [0.1, 0.15) is 29.3 Å². The standard InChI is InChI=1S/C23H25NO4/c1-26-19-14-18-15-21(17-8-4-2-5-9-17)28-22(18)20(16-19)23(25)27-13-12-24-10-6-3-7-11-24/h2,4-5,8-9,14-16H,3,6-7,10-13H2,1H3. The second kappa shape index (κ2) is 8.48. The van der Waals surface area contributed by atoms with E-state index in [0.29, 0.717) is 29.3 Å². The van der Waals surface area contributed by atoms with E-state index in [1.54, 1.807) is 13.2 Å². The van der Waals surface area contributed by atoms with Gasteiger partial charge < -0.3 is 13.9 Å². The second-order valence-corrected chi connectivity index (χ2v) is 7.11. The maximum absolute atomic E-state index is 12.8. The zero-order chi connectivity index (χ0) is 19.3. The molecule has 0 saturated carbocycles. The molecule has 0 radical (unpaired) electrons. The second-order valence-electron chi connectivity index (χ2n) is 7.11. The molecule has 0 N–H and O–H groups in total. The molecule has 0 atom stereocenters. The van der Waals surface area contributed by atoms with Gasteiger partial charge in [-0.1, -0.05) is 36.8 Å². The fraction of sp³-hybridized carbons (Fsp3) is 0.348. The number of furan rings is 1. The van der Waals surface area contributed by atoms with Crippen LogP contribution in [-0.2, 0) is 4.74 Å². The van der Waals surface area contributed by atoms with E-state index in [4.69, 9.17) is 13.9 Å². The van der Waals surface area contributed by atoms with Crippen LogP contribution in [-0.4, -0.2) is 44.2 Å². The van der Waals surface area contributed by atoms with Crippen LogP contribution in [0.1, 0.15) is 29.6 Å². The lowest BCUT2D eigenvalue weighted by Crippen LogP contribution is -2.33. The van der Waals surface area contributed by atoms with Gasteiger partial charge >= 0.3 is 5.97 Å². The van der Waals surface area contributed by atoms with Crippen LogP contribution < -0.4 is 4.74 Å². The lowest BCUT2D eigenvalue weighted by Gasteiger charge is -2.25. The van der Waals surface area contributed by atoms with Gasteiger partial charge in [-0.25, -0.2) is 4.79 Å². The number of methoxy groups -OCH3 is 1. The first-order valence-electron chi connectivity index (χ1n) is 9.81. The van der Waals surface area contributed by atoms with Gasteiger partial charge in [0.05, 0.1) is 7.11 Å². The van der Waals surface area contributed by atoms with Gasteiger partial charge in [0, 0.05) is 17.5 Å². The monoisotopic (exact) mass is 379 g/mol. The summed E-state index contributed by atoms with van der Waals surface area (Å²) in [5, 5.41) is 0.821. The highest BCUT2D eigenvalue weighted by atomic mass is 16.5. The van der Waals surface area contributed by atoms with Gasteiger partial charge in [0.15, 0.2) is 0 Å². The SMILES string of the molecule is COc1cc(C(=O)OCCN2CCCCC2)c2oc(-c3ccccc3)cc2c1. The van der Waals surface area contributed by atoms with E-state index >= 15 is 0 Å². The van der Waals surface area contributed by atoms with Crippen LogP contribution in [0.25, 0.3) is 22.3 Å². The van der Waals surface area contributed by atoms with Crippen molar-refractivity contribution in [2.24, 2.45) is 0 Å². The molecule has 1 fully saturated rings. The Kier molecular flexibility index (Phi) is 5.63. The number of ether oxygens (including phenoxy) is 2. The summed E-state index contributed by atoms with van der Waals surface area (Å²) in [5.74, 6) is 0.942. The first-order valence-corrected chi connectivity index (χ1v) is 9.81. The van der Waals surface area contributed by atoms with Crippen LogP contribution in [0.3, 0.4) is 0 Å². The van der Waals surface area contributed by atoms with Crippen molar-refractivity contribution in [3.63, 3.8) is 0 Å². The molecular formula is C23H25NO4. The molecule has 5 nitrogen and oxygen atoms in total. The van der Waals surface area contributed by atoms with Crippen LogP contribution >= 0.6 is 0 Å². The highest BCUT2D eigenvalue weighted by Crippen LogP contribution is 2.33. The number of hydrogen-bond acceptors (Lipinski definition) is 5. The van der Waals surface area contributed by atoms with Crippen molar-refractivity contribution in [2.45, 2.75) is 19.3 Å². The molecule has 0 aliphatic carbocycles. The van der Waals surface area contributed by atoms with Crippen molar-refractivity contribution in [3.8, 4) is 17.1 Å². The van der Waals surface area contributed by atoms with E-state index in [9.17, 15) is 4.79 Å². The van der Waals surface area contributed by atoms with E-state index in [2.05, 4.69) is 4.90 Å². The largest absolute Gasteiger partial charge is 0.497 e. The number of rotatable bonds is 6. The Hall–Kier alpha value is -2.79. The molecular weight excluding hydrogens is 354 g/mol. The lowest BCUT2D eigenvalue weighted by atomic mass is 10.1. The van der Waals surface area contributed by atoms with E-state index in [1.807, 2.05) is 42.5 Å². The molecule has 3 aromatic rings. The zero-order valence-electron chi connectivity index (χ0n) is 16.1. The van der Waals surface area contributed by atoms with Crippen LogP contribution in [0, 0.1) is 0 Å². The van der Waals surface area contributed by atoms with Crippen molar-refractivity contribution in [2.75, 3.05) is 33.4 Å². The van der Waals surface area contributed by atoms with Crippen molar-refractivity contribution in [1.29, 1.82) is 0 Å². The number of piperidine rings is 1. The van der Waals surface area contributed by atoms with E-state index < -0.39 is 0 Å². The van der Waals surface area contributed by atoms with Crippen LogP contribution in [0.2, 0.25) is 0 Å². The Bertz CT molecular complexity index is 942. The highest BCUT2D eigenvalue weighted by Gasteiger charge is 2.19. The van der Waals surface area contributed by atoms with E-state index in [0.717, 1.165) is 30.6 Å².